The number of thiazole rings is 1. The van der Waals surface area contributed by atoms with E-state index in [1.807, 2.05) is 0 Å². The maximum absolute atomic E-state index is 13.2. The Labute approximate surface area is 196 Å². The maximum Gasteiger partial charge on any atom is 0.333 e. The fraction of sp³-hybridized carbons (Fsp3) is 0.292. The Morgan fingerprint density at radius 2 is 1.70 bits per heavy atom. The highest BCUT2D eigenvalue weighted by Gasteiger charge is 2.15. The van der Waals surface area contributed by atoms with Gasteiger partial charge in [-0.2, -0.15) is 0 Å². The number of esters is 1. The van der Waals surface area contributed by atoms with E-state index >= 15 is 0 Å². The van der Waals surface area contributed by atoms with Crippen molar-refractivity contribution < 1.29 is 23.8 Å². The molecule has 0 spiro atoms. The van der Waals surface area contributed by atoms with Crippen LogP contribution < -0.4 is 24.2 Å². The molecule has 0 radical (unpaired) electrons. The summed E-state index contributed by atoms with van der Waals surface area (Å²) >= 11 is 1.09. The van der Waals surface area contributed by atoms with Crippen molar-refractivity contribution in [2.75, 3.05) is 33.9 Å². The number of aromatic nitrogens is 1. The molecule has 176 valence electrons. The average Bonchev–Trinajstić information content (AvgIpc) is 3.07. The molecule has 0 aliphatic rings. The summed E-state index contributed by atoms with van der Waals surface area (Å²) in [5, 5.41) is 0. The number of hydrogen-bond acceptors (Lipinski definition) is 7. The zero-order valence-corrected chi connectivity index (χ0v) is 19.9. The van der Waals surface area contributed by atoms with Crippen molar-refractivity contribution in [3.63, 3.8) is 0 Å². The van der Waals surface area contributed by atoms with Gasteiger partial charge in [-0.15, -0.1) is 24.5 Å². The second kappa shape index (κ2) is 12.4. The molecule has 2 rings (SSSR count). The summed E-state index contributed by atoms with van der Waals surface area (Å²) in [6, 6.07) is 5.22. The number of carbonyl (C=O) groups is 2. The molecule has 1 heterocycles. The number of amides is 1. The molecule has 2 aromatic rings. The molecule has 33 heavy (non-hydrogen) atoms. The molecular weight excluding hydrogens is 444 g/mol. The van der Waals surface area contributed by atoms with Crippen molar-refractivity contribution in [2.45, 2.75) is 13.5 Å². The molecule has 0 unspecified atom stereocenters. The van der Waals surface area contributed by atoms with E-state index in [4.69, 9.17) is 14.2 Å². The first-order chi connectivity index (χ1) is 15.9. The van der Waals surface area contributed by atoms with Gasteiger partial charge in [-0.05, 0) is 30.7 Å². The Hall–Kier alpha value is -3.59. The monoisotopic (exact) mass is 472 g/mol. The van der Waals surface area contributed by atoms with Crippen LogP contribution in [0.3, 0.4) is 0 Å². The lowest BCUT2D eigenvalue weighted by molar-refractivity contribution is -0.135. The van der Waals surface area contributed by atoms with Crippen molar-refractivity contribution >= 4 is 35.4 Å². The third-order valence-electron chi connectivity index (χ3n) is 4.48. The van der Waals surface area contributed by atoms with Crippen LogP contribution in [0.2, 0.25) is 0 Å². The molecule has 0 N–H and O–H groups in total. The van der Waals surface area contributed by atoms with Gasteiger partial charge in [0.2, 0.25) is 5.91 Å². The minimum Gasteiger partial charge on any atom is -0.497 e. The molecule has 0 bridgehead atoms. The van der Waals surface area contributed by atoms with Crippen molar-refractivity contribution in [2.24, 2.45) is 0 Å². The number of carbonyl (C=O) groups excluding carboxylic acids is 2. The van der Waals surface area contributed by atoms with Crippen molar-refractivity contribution in [3.05, 3.63) is 68.6 Å². The van der Waals surface area contributed by atoms with Gasteiger partial charge >= 0.3 is 5.97 Å². The van der Waals surface area contributed by atoms with Crippen molar-refractivity contribution in [1.82, 2.24) is 9.47 Å². The van der Waals surface area contributed by atoms with Crippen molar-refractivity contribution in [3.8, 4) is 11.5 Å². The van der Waals surface area contributed by atoms with Gasteiger partial charge in [-0.25, -0.2) is 4.79 Å². The number of rotatable bonds is 11. The normalized spacial score (nSPS) is 11.7. The predicted molar refractivity (Wildman–Crippen MR) is 129 cm³/mol. The molecule has 9 heteroatoms. The lowest BCUT2D eigenvalue weighted by atomic mass is 10.2. The van der Waals surface area contributed by atoms with Crippen LogP contribution in [0.5, 0.6) is 11.5 Å². The van der Waals surface area contributed by atoms with Crippen LogP contribution >= 0.6 is 11.3 Å². The van der Waals surface area contributed by atoms with E-state index in [1.165, 1.54) is 29.8 Å². The van der Waals surface area contributed by atoms with E-state index < -0.39 is 11.5 Å². The second-order valence-corrected chi connectivity index (χ2v) is 7.82. The molecule has 0 saturated heterocycles. The summed E-state index contributed by atoms with van der Waals surface area (Å²) in [5.74, 6) is 0.234. The zero-order valence-electron chi connectivity index (χ0n) is 19.0. The Bertz CT molecular complexity index is 1160. The Morgan fingerprint density at radius 3 is 2.21 bits per heavy atom. The number of ether oxygens (including phenoxy) is 3. The molecule has 0 aliphatic heterocycles. The molecule has 0 aliphatic carbocycles. The largest absolute Gasteiger partial charge is 0.497 e. The Morgan fingerprint density at radius 1 is 1.09 bits per heavy atom. The number of benzene rings is 1. The van der Waals surface area contributed by atoms with Gasteiger partial charge < -0.3 is 19.1 Å². The lowest BCUT2D eigenvalue weighted by Gasteiger charge is -2.19. The molecule has 0 fully saturated rings. The summed E-state index contributed by atoms with van der Waals surface area (Å²) in [6.07, 6.45) is 6.07. The SMILES string of the molecule is C=CCN(CC=C)C(=O)Cn1c(=O)/c(=C/c2cc(OC)cc(OC)c2)s/c1=C\C(=O)OCC. The molecule has 1 aromatic carbocycles. The molecular formula is C24H28N2O6S. The van der Waals surface area contributed by atoms with E-state index in [-0.39, 0.29) is 19.1 Å². The molecule has 0 atom stereocenters. The topological polar surface area (TPSA) is 87.1 Å². The van der Waals surface area contributed by atoms with Crippen molar-refractivity contribution in [1.29, 1.82) is 0 Å². The van der Waals surface area contributed by atoms with Crippen LogP contribution in [0.1, 0.15) is 12.5 Å². The van der Waals surface area contributed by atoms with E-state index in [1.54, 1.807) is 43.4 Å². The summed E-state index contributed by atoms with van der Waals surface area (Å²) in [7, 11) is 3.07. The minimum absolute atomic E-state index is 0.193. The summed E-state index contributed by atoms with van der Waals surface area (Å²) in [6.45, 7) is 9.58. The average molecular weight is 473 g/mol. The third kappa shape index (κ3) is 6.95. The fourth-order valence-electron chi connectivity index (χ4n) is 2.97. The maximum atomic E-state index is 13.2. The molecule has 0 saturated carbocycles. The summed E-state index contributed by atoms with van der Waals surface area (Å²) in [5.41, 5.74) is 0.272. The van der Waals surface area contributed by atoms with Gasteiger partial charge in [0.25, 0.3) is 5.56 Å². The van der Waals surface area contributed by atoms with Gasteiger partial charge in [-0.3, -0.25) is 14.2 Å². The summed E-state index contributed by atoms with van der Waals surface area (Å²) < 4.78 is 17.5. The van der Waals surface area contributed by atoms with E-state index in [0.29, 0.717) is 39.3 Å². The number of nitrogens with zero attached hydrogens (tertiary/aromatic N) is 2. The number of methoxy groups -OCH3 is 2. The first kappa shape index (κ1) is 25.7. The van der Waals surface area contributed by atoms with Gasteiger partial charge in [0.15, 0.2) is 0 Å². The van der Waals surface area contributed by atoms with Gasteiger partial charge in [-0.1, -0.05) is 12.2 Å². The van der Waals surface area contributed by atoms with Crippen LogP contribution in [0.25, 0.3) is 12.2 Å². The zero-order chi connectivity index (χ0) is 24.4. The fourth-order valence-corrected chi connectivity index (χ4v) is 4.00. The quantitative estimate of drug-likeness (QED) is 0.362. The van der Waals surface area contributed by atoms with Gasteiger partial charge in [0.1, 0.15) is 22.7 Å². The van der Waals surface area contributed by atoms with Gasteiger partial charge in [0, 0.05) is 19.2 Å². The predicted octanol–water partition coefficient (Wildman–Crippen LogP) is 1.30. The highest BCUT2D eigenvalue weighted by atomic mass is 32.1. The van der Waals surface area contributed by atoms with Crippen LogP contribution in [-0.2, 0) is 20.9 Å². The van der Waals surface area contributed by atoms with E-state index in [9.17, 15) is 14.4 Å². The molecule has 8 nitrogen and oxygen atoms in total. The second-order valence-electron chi connectivity index (χ2n) is 6.76. The first-order valence-corrected chi connectivity index (χ1v) is 11.0. The molecule has 1 aromatic heterocycles. The number of hydrogen-bond donors (Lipinski definition) is 0. The third-order valence-corrected chi connectivity index (χ3v) is 5.54. The first-order valence-electron chi connectivity index (χ1n) is 10.2. The minimum atomic E-state index is -0.594. The standard InChI is InChI=1S/C24H28N2O6S/c1-6-9-25(10-7-2)21(27)16-26-22(15-23(28)32-8-3)33-20(24(26)29)13-17-11-18(30-4)14-19(12-17)31-5/h6-7,11-15H,1-2,8-10,16H2,3-5H3/b20-13-,22-15-. The summed E-state index contributed by atoms with van der Waals surface area (Å²) in [4.78, 5) is 39.6. The van der Waals surface area contributed by atoms with Gasteiger partial charge in [0.05, 0.1) is 31.4 Å². The van der Waals surface area contributed by atoms with E-state index in [2.05, 4.69) is 13.2 Å². The van der Waals surface area contributed by atoms with Crippen LogP contribution in [0, 0.1) is 0 Å². The highest BCUT2D eigenvalue weighted by molar-refractivity contribution is 7.07. The van der Waals surface area contributed by atoms with E-state index in [0.717, 1.165) is 11.3 Å². The Kier molecular flexibility index (Phi) is 9.68. The highest BCUT2D eigenvalue weighted by Crippen LogP contribution is 2.22. The Balaban J connectivity index is 2.63. The van der Waals surface area contributed by atoms with Crippen LogP contribution in [-0.4, -0.2) is 55.3 Å². The molecule has 1 amide bonds. The van der Waals surface area contributed by atoms with Crippen LogP contribution in [0.15, 0.2) is 48.3 Å². The lowest BCUT2D eigenvalue weighted by Crippen LogP contribution is -2.40. The van der Waals surface area contributed by atoms with Crippen LogP contribution in [0.4, 0.5) is 0 Å². The smallest absolute Gasteiger partial charge is 0.333 e.